The quantitative estimate of drug-likeness (QED) is 0.0271. The number of nitrogens with zero attached hydrogens (tertiary/aromatic N) is 3. The second-order valence-corrected chi connectivity index (χ2v) is 23.4. The number of rotatable bonds is 41. The average molecular weight is 1280 g/mol. The topological polar surface area (TPSA) is 253 Å². The molecule has 0 bridgehead atoms. The van der Waals surface area contributed by atoms with E-state index in [2.05, 4.69) is 45.3 Å². The van der Waals surface area contributed by atoms with Gasteiger partial charge in [0.05, 0.1) is 143 Å². The van der Waals surface area contributed by atoms with Gasteiger partial charge in [-0.1, -0.05) is 29.8 Å². The van der Waals surface area contributed by atoms with Crippen LogP contribution in [-0.4, -0.2) is 205 Å². The summed E-state index contributed by atoms with van der Waals surface area (Å²) in [5.41, 5.74) is 5.66. The Morgan fingerprint density at radius 1 is 0.659 bits per heavy atom. The monoisotopic (exact) mass is 1280 g/mol. The molecule has 4 aromatic rings. The molecule has 4 aliphatic rings. The van der Waals surface area contributed by atoms with Crippen LogP contribution >= 0.6 is 11.6 Å². The summed E-state index contributed by atoms with van der Waals surface area (Å²) in [5.74, 6) is -0.417. The molecule has 8 rings (SSSR count). The lowest BCUT2D eigenvalue weighted by atomic mass is 9.85. The van der Waals surface area contributed by atoms with Crippen LogP contribution in [0.15, 0.2) is 78.9 Å². The summed E-state index contributed by atoms with van der Waals surface area (Å²) >= 11 is 6.33. The Labute approximate surface area is 538 Å². The number of benzene rings is 4. The highest BCUT2D eigenvalue weighted by Gasteiger charge is 2.46. The van der Waals surface area contributed by atoms with E-state index >= 15 is 0 Å². The van der Waals surface area contributed by atoms with E-state index in [9.17, 15) is 28.8 Å². The maximum atomic E-state index is 14.1. The first kappa shape index (κ1) is 70.1. The Kier molecular flexibility index (Phi) is 28.6. The predicted octanol–water partition coefficient (Wildman–Crippen LogP) is 6.55. The first-order chi connectivity index (χ1) is 44.3. The van der Waals surface area contributed by atoms with Crippen molar-refractivity contribution in [2.45, 2.75) is 89.4 Å². The minimum Gasteiger partial charge on any atom is -0.493 e. The highest BCUT2D eigenvalue weighted by molar-refractivity contribution is 6.30. The number of methoxy groups -OCH3 is 1. The van der Waals surface area contributed by atoms with Crippen LogP contribution in [0.3, 0.4) is 0 Å². The largest absolute Gasteiger partial charge is 0.493 e. The Morgan fingerprint density at radius 2 is 1.25 bits per heavy atom. The van der Waals surface area contributed by atoms with E-state index in [0.717, 1.165) is 65.2 Å². The van der Waals surface area contributed by atoms with Crippen molar-refractivity contribution in [3.05, 3.63) is 112 Å². The summed E-state index contributed by atoms with van der Waals surface area (Å²) in [4.78, 5) is 81.8. The molecule has 91 heavy (non-hydrogen) atoms. The third-order valence-electron chi connectivity index (χ3n) is 16.1. The van der Waals surface area contributed by atoms with Gasteiger partial charge < -0.3 is 73.1 Å². The molecule has 6 amide bonds. The van der Waals surface area contributed by atoms with E-state index in [1.165, 1.54) is 0 Å². The molecule has 1 saturated heterocycles. The number of hydrogen-bond acceptors (Lipinski definition) is 19. The molecule has 0 spiro atoms. The number of amides is 6. The van der Waals surface area contributed by atoms with Crippen molar-refractivity contribution in [1.82, 2.24) is 20.9 Å². The molecular weight excluding hydrogens is 1190 g/mol. The number of halogens is 1. The number of fused-ring (bicyclic) bond motifs is 2. The molecule has 2 fully saturated rings. The summed E-state index contributed by atoms with van der Waals surface area (Å²) in [6.07, 6.45) is 5.03. The number of piperidine rings is 1. The van der Waals surface area contributed by atoms with Gasteiger partial charge in [0.25, 0.3) is 11.8 Å². The Morgan fingerprint density at radius 3 is 1.84 bits per heavy atom. The van der Waals surface area contributed by atoms with Crippen molar-refractivity contribution in [2.24, 2.45) is 5.92 Å². The number of carbonyl (C=O) groups excluding carboxylic acids is 6. The van der Waals surface area contributed by atoms with E-state index < -0.39 is 29.7 Å². The fourth-order valence-corrected chi connectivity index (χ4v) is 11.7. The lowest BCUT2D eigenvalue weighted by molar-refractivity contribution is -0.136. The van der Waals surface area contributed by atoms with Crippen molar-refractivity contribution >= 4 is 64.1 Å². The van der Waals surface area contributed by atoms with Crippen LogP contribution in [0.4, 0.5) is 17.1 Å². The molecule has 2 atom stereocenters. The zero-order valence-electron chi connectivity index (χ0n) is 52.9. The lowest BCUT2D eigenvalue weighted by Crippen LogP contribution is -2.54. The number of anilines is 3. The molecule has 496 valence electrons. The van der Waals surface area contributed by atoms with Crippen molar-refractivity contribution in [1.29, 1.82) is 0 Å². The summed E-state index contributed by atoms with van der Waals surface area (Å²) < 4.78 is 56.4. The van der Waals surface area contributed by atoms with Gasteiger partial charge in [-0.05, 0) is 129 Å². The molecule has 3 heterocycles. The van der Waals surface area contributed by atoms with Gasteiger partial charge in [0.15, 0.2) is 11.5 Å². The number of nitrogens with one attached hydrogen (secondary N) is 4. The first-order valence-electron chi connectivity index (χ1n) is 31.8. The Hall–Kier alpha value is -6.77. The molecule has 0 aromatic heterocycles. The molecule has 1 unspecified atom stereocenters. The zero-order valence-corrected chi connectivity index (χ0v) is 53.7. The summed E-state index contributed by atoms with van der Waals surface area (Å²) in [6.45, 7) is 13.0. The van der Waals surface area contributed by atoms with Gasteiger partial charge in [-0.15, -0.1) is 0 Å². The zero-order chi connectivity index (χ0) is 64.3. The fourth-order valence-electron chi connectivity index (χ4n) is 11.5. The van der Waals surface area contributed by atoms with Crippen LogP contribution in [0, 0.1) is 5.92 Å². The maximum Gasteiger partial charge on any atom is 0.264 e. The molecule has 1 aliphatic carbocycles. The van der Waals surface area contributed by atoms with Crippen LogP contribution < -0.4 is 40.5 Å². The van der Waals surface area contributed by atoms with Gasteiger partial charge in [-0.25, -0.2) is 0 Å². The summed E-state index contributed by atoms with van der Waals surface area (Å²) in [7, 11) is 3.75. The number of hydrogen-bond donors (Lipinski definition) is 4. The minimum absolute atomic E-state index is 0.000561. The molecule has 0 radical (unpaired) electrons. The molecule has 4 aromatic carbocycles. The fraction of sp³-hybridized carbons (Fsp3) is 0.552. The van der Waals surface area contributed by atoms with E-state index in [-0.39, 0.29) is 60.8 Å². The molecule has 23 nitrogen and oxygen atoms in total. The van der Waals surface area contributed by atoms with E-state index in [1.54, 1.807) is 25.3 Å². The van der Waals surface area contributed by atoms with Gasteiger partial charge in [0.2, 0.25) is 23.6 Å². The second-order valence-electron chi connectivity index (χ2n) is 22.9. The SMILES string of the molecule is COc1cc2c(cc1OC(C)C)[C@H](c1ccc(Cl)cc1)N(c1ccc(N(C)CC3CCC(NCCNC(=O)CCOCCOCCOCCOCCOCCOCCOCCOCCNc4cccc5c4C(=O)N(C4CCC(=O)NC4=O)C5=O)CC3)cc1)C(=O)C2. The summed E-state index contributed by atoms with van der Waals surface area (Å²) in [5, 5.41) is 12.6. The highest BCUT2D eigenvalue weighted by atomic mass is 35.5. The van der Waals surface area contributed by atoms with Crippen LogP contribution in [0.25, 0.3) is 0 Å². The summed E-state index contributed by atoms with van der Waals surface area (Å²) in [6, 6.07) is 23.9. The smallest absolute Gasteiger partial charge is 0.264 e. The van der Waals surface area contributed by atoms with Crippen LogP contribution in [0.5, 0.6) is 11.5 Å². The third kappa shape index (κ3) is 21.1. The average Bonchev–Trinajstić information content (AvgIpc) is 1.74. The second kappa shape index (κ2) is 37.1. The number of carbonyl (C=O) groups is 6. The Bertz CT molecular complexity index is 2990. The number of ether oxygens (including phenoxy) is 10. The van der Waals surface area contributed by atoms with E-state index in [4.69, 9.17) is 59.0 Å². The van der Waals surface area contributed by atoms with E-state index in [0.29, 0.717) is 160 Å². The third-order valence-corrected chi connectivity index (χ3v) is 16.3. The molecular formula is C67H90ClN7O16. The molecule has 24 heteroatoms. The Balaban J connectivity index is 0.557. The first-order valence-corrected chi connectivity index (χ1v) is 32.1. The minimum atomic E-state index is -1.02. The van der Waals surface area contributed by atoms with Crippen molar-refractivity contribution in [3.63, 3.8) is 0 Å². The number of imide groups is 2. The maximum absolute atomic E-state index is 14.1. The lowest BCUT2D eigenvalue weighted by Gasteiger charge is -2.38. The molecule has 3 aliphatic heterocycles. The normalized spacial score (nSPS) is 18.2. The standard InChI is InChI=1S/C67H90ClN7O16/c1-46(2)91-59-44-55-49(42-58(59)82-4)43-62(78)74(64(55)48-10-12-50(68)13-11-48)53-18-16-52(17-19-53)73(3)45-47-8-14-51(15-9-47)69-23-24-71-60(76)22-26-83-28-30-85-32-34-87-36-38-89-40-41-90-39-37-88-35-33-86-31-29-84-27-25-70-56-7-5-6-54-63(56)67(81)75(66(54)80)57-20-21-61(77)72-65(57)79/h5-7,10-13,16-19,42,44,46-47,51,57,64,69-70H,8-9,14-15,20-41,43,45H2,1-4H3,(H,71,76)(H,72,77,79)/t47?,51?,57?,64-/m0/s1. The molecule has 4 N–H and O–H groups in total. The van der Waals surface area contributed by atoms with Gasteiger partial charge in [-0.3, -0.25) is 39.0 Å². The van der Waals surface area contributed by atoms with Crippen LogP contribution in [0.1, 0.15) is 102 Å². The molecule has 1 saturated carbocycles. The van der Waals surface area contributed by atoms with Crippen molar-refractivity contribution in [2.75, 3.05) is 161 Å². The van der Waals surface area contributed by atoms with Crippen LogP contribution in [0.2, 0.25) is 5.02 Å². The van der Waals surface area contributed by atoms with Gasteiger partial charge in [-0.2, -0.15) is 0 Å². The van der Waals surface area contributed by atoms with E-state index in [1.807, 2.05) is 67.3 Å². The van der Waals surface area contributed by atoms with Crippen LogP contribution in [-0.2, 0) is 63.5 Å². The van der Waals surface area contributed by atoms with Crippen molar-refractivity contribution in [3.8, 4) is 11.5 Å². The van der Waals surface area contributed by atoms with Gasteiger partial charge in [0.1, 0.15) is 6.04 Å². The van der Waals surface area contributed by atoms with Crippen molar-refractivity contribution < 1.29 is 76.1 Å². The van der Waals surface area contributed by atoms with Gasteiger partial charge >= 0.3 is 0 Å². The van der Waals surface area contributed by atoms with Gasteiger partial charge in [0, 0.05) is 74.2 Å². The predicted molar refractivity (Wildman–Crippen MR) is 342 cm³/mol. The highest BCUT2D eigenvalue weighted by Crippen LogP contribution is 2.44.